The Labute approximate surface area is 301 Å². The van der Waals surface area contributed by atoms with Crippen molar-refractivity contribution in [1.29, 1.82) is 0 Å². The van der Waals surface area contributed by atoms with Crippen molar-refractivity contribution >= 4 is 18.0 Å². The summed E-state index contributed by atoms with van der Waals surface area (Å²) in [6, 6.07) is 0.838. The summed E-state index contributed by atoms with van der Waals surface area (Å²) in [7, 11) is 0. The van der Waals surface area contributed by atoms with Crippen LogP contribution in [0.2, 0.25) is 0 Å². The number of ether oxygens (including phenoxy) is 1. The van der Waals surface area contributed by atoms with Crippen molar-refractivity contribution < 1.29 is 24.2 Å². The van der Waals surface area contributed by atoms with Crippen LogP contribution in [0, 0.1) is 11.8 Å². The van der Waals surface area contributed by atoms with Gasteiger partial charge in [0.2, 0.25) is 0 Å². The van der Waals surface area contributed by atoms with Crippen molar-refractivity contribution in [3.05, 3.63) is 0 Å². The van der Waals surface area contributed by atoms with Gasteiger partial charge in [-0.25, -0.2) is 4.79 Å². The van der Waals surface area contributed by atoms with Crippen molar-refractivity contribution in [2.24, 2.45) is 11.8 Å². The van der Waals surface area contributed by atoms with Gasteiger partial charge in [0, 0.05) is 57.6 Å². The number of urea groups is 1. The summed E-state index contributed by atoms with van der Waals surface area (Å²) in [5.74, 6) is -0.0115. The van der Waals surface area contributed by atoms with Crippen LogP contribution in [0.3, 0.4) is 0 Å². The topological polar surface area (TPSA) is 90.4 Å². The first kappa shape index (κ1) is 43.3. The zero-order valence-corrected chi connectivity index (χ0v) is 32.4. The standard InChI is InChI=1S/C41H77N3O5/c1-5-7-9-11-14-18-23-36(24-19-15-12-10-8-6-2)34-49-40(47)33-37-31-38(32-37)44(28-21-17-13-16-20-25-39(45)46)41(48)43-27-22-26-42(29-30-43)35(3)4/h35-38H,5-34H2,1-4H3,(H,45,46). The molecule has 0 atom stereocenters. The molecule has 0 unspecified atom stereocenters. The lowest BCUT2D eigenvalue weighted by Crippen LogP contribution is -2.54. The molecule has 1 saturated heterocycles. The number of rotatable bonds is 28. The van der Waals surface area contributed by atoms with Crippen LogP contribution in [0.4, 0.5) is 4.79 Å². The van der Waals surface area contributed by atoms with Gasteiger partial charge >= 0.3 is 18.0 Å². The van der Waals surface area contributed by atoms with Gasteiger partial charge in [0.05, 0.1) is 6.61 Å². The highest BCUT2D eigenvalue weighted by molar-refractivity contribution is 5.75. The summed E-state index contributed by atoms with van der Waals surface area (Å²) < 4.78 is 5.94. The molecule has 1 aliphatic heterocycles. The molecule has 0 aromatic heterocycles. The van der Waals surface area contributed by atoms with E-state index in [1.807, 2.05) is 0 Å². The average Bonchev–Trinajstić information content (AvgIpc) is 3.32. The molecule has 2 fully saturated rings. The number of unbranched alkanes of at least 4 members (excludes halogenated alkanes) is 14. The number of amides is 2. The predicted octanol–water partition coefficient (Wildman–Crippen LogP) is 10.1. The van der Waals surface area contributed by atoms with Gasteiger partial charge in [-0.2, -0.15) is 0 Å². The molecule has 2 aliphatic rings. The van der Waals surface area contributed by atoms with Crippen LogP contribution < -0.4 is 0 Å². The molecule has 1 N–H and O–H groups in total. The van der Waals surface area contributed by atoms with Crippen LogP contribution >= 0.6 is 0 Å². The van der Waals surface area contributed by atoms with Crippen molar-refractivity contribution in [2.45, 2.75) is 194 Å². The molecule has 286 valence electrons. The first-order valence-electron chi connectivity index (χ1n) is 20.9. The van der Waals surface area contributed by atoms with E-state index in [1.54, 1.807) is 0 Å². The number of carbonyl (C=O) groups is 3. The first-order valence-corrected chi connectivity index (χ1v) is 20.9. The normalized spacial score (nSPS) is 18.4. The number of esters is 1. The Morgan fingerprint density at radius 2 is 1.31 bits per heavy atom. The Morgan fingerprint density at radius 1 is 0.735 bits per heavy atom. The average molecular weight is 692 g/mol. The molecule has 1 saturated carbocycles. The Kier molecular flexibility index (Phi) is 23.8. The monoisotopic (exact) mass is 692 g/mol. The van der Waals surface area contributed by atoms with Crippen molar-refractivity contribution in [3.63, 3.8) is 0 Å². The van der Waals surface area contributed by atoms with E-state index in [1.165, 1.54) is 89.9 Å². The van der Waals surface area contributed by atoms with Crippen LogP contribution in [0.1, 0.15) is 182 Å². The largest absolute Gasteiger partial charge is 0.481 e. The molecule has 1 aliphatic carbocycles. The number of aliphatic carboxylic acids is 1. The van der Waals surface area contributed by atoms with Gasteiger partial charge < -0.3 is 19.6 Å². The van der Waals surface area contributed by atoms with Gasteiger partial charge in [0.1, 0.15) is 0 Å². The molecule has 2 amide bonds. The molecular weight excluding hydrogens is 614 g/mol. The van der Waals surface area contributed by atoms with Gasteiger partial charge in [-0.1, -0.05) is 110 Å². The summed E-state index contributed by atoms with van der Waals surface area (Å²) in [5, 5.41) is 8.91. The molecule has 0 aromatic rings. The van der Waals surface area contributed by atoms with E-state index in [2.05, 4.69) is 42.4 Å². The quantitative estimate of drug-likeness (QED) is 0.0649. The third-order valence-corrected chi connectivity index (χ3v) is 11.1. The Hall–Kier alpha value is -1.83. The predicted molar refractivity (Wildman–Crippen MR) is 202 cm³/mol. The molecule has 8 nitrogen and oxygen atoms in total. The Morgan fingerprint density at radius 3 is 1.90 bits per heavy atom. The number of hydrogen-bond acceptors (Lipinski definition) is 5. The molecule has 1 heterocycles. The molecule has 0 aromatic carbocycles. The van der Waals surface area contributed by atoms with E-state index in [0.717, 1.165) is 84.1 Å². The highest BCUT2D eigenvalue weighted by Gasteiger charge is 2.38. The number of nitrogens with zero attached hydrogens (tertiary/aromatic N) is 3. The van der Waals surface area contributed by atoms with E-state index in [9.17, 15) is 14.4 Å². The van der Waals surface area contributed by atoms with Crippen LogP contribution in [-0.4, -0.2) is 89.2 Å². The van der Waals surface area contributed by atoms with Crippen LogP contribution in [0.15, 0.2) is 0 Å². The molecular formula is C41H77N3O5. The highest BCUT2D eigenvalue weighted by Crippen LogP contribution is 2.36. The summed E-state index contributed by atoms with van der Waals surface area (Å²) >= 11 is 0. The third kappa shape index (κ3) is 19.4. The van der Waals surface area contributed by atoms with Crippen molar-refractivity contribution in [1.82, 2.24) is 14.7 Å². The fourth-order valence-electron chi connectivity index (χ4n) is 7.71. The second-order valence-electron chi connectivity index (χ2n) is 15.7. The highest BCUT2D eigenvalue weighted by atomic mass is 16.5. The van der Waals surface area contributed by atoms with Gasteiger partial charge in [0.25, 0.3) is 0 Å². The van der Waals surface area contributed by atoms with Crippen LogP contribution in [0.5, 0.6) is 0 Å². The van der Waals surface area contributed by atoms with Crippen LogP contribution in [0.25, 0.3) is 0 Å². The number of hydrogen-bond donors (Lipinski definition) is 1. The van der Waals surface area contributed by atoms with Crippen molar-refractivity contribution in [3.8, 4) is 0 Å². The third-order valence-electron chi connectivity index (χ3n) is 11.1. The van der Waals surface area contributed by atoms with E-state index in [0.29, 0.717) is 30.9 Å². The molecule has 0 bridgehead atoms. The fourth-order valence-corrected chi connectivity index (χ4v) is 7.71. The lowest BCUT2D eigenvalue weighted by molar-refractivity contribution is -0.147. The van der Waals surface area contributed by atoms with Gasteiger partial charge in [-0.3, -0.25) is 14.5 Å². The zero-order valence-electron chi connectivity index (χ0n) is 32.4. The molecule has 0 spiro atoms. The van der Waals surface area contributed by atoms with E-state index >= 15 is 0 Å². The summed E-state index contributed by atoms with van der Waals surface area (Å²) in [6.45, 7) is 13.8. The maximum atomic E-state index is 13.9. The number of carboxylic acid groups (broad SMARTS) is 1. The lowest BCUT2D eigenvalue weighted by Gasteiger charge is -2.44. The fraction of sp³-hybridized carbons (Fsp3) is 0.927. The van der Waals surface area contributed by atoms with Gasteiger partial charge in [0.15, 0.2) is 0 Å². The van der Waals surface area contributed by atoms with Gasteiger partial charge in [-0.05, 0) is 70.6 Å². The minimum absolute atomic E-state index is 0.0557. The summed E-state index contributed by atoms with van der Waals surface area (Å²) in [5.41, 5.74) is 0. The van der Waals surface area contributed by atoms with E-state index in [4.69, 9.17) is 9.84 Å². The Bertz CT molecular complexity index is 861. The molecule has 0 radical (unpaired) electrons. The van der Waals surface area contributed by atoms with E-state index < -0.39 is 5.97 Å². The van der Waals surface area contributed by atoms with E-state index in [-0.39, 0.29) is 24.5 Å². The molecule has 2 rings (SSSR count). The lowest BCUT2D eigenvalue weighted by atomic mass is 9.77. The van der Waals surface area contributed by atoms with Gasteiger partial charge in [-0.15, -0.1) is 0 Å². The first-order chi connectivity index (χ1) is 23.7. The van der Waals surface area contributed by atoms with Crippen LogP contribution in [-0.2, 0) is 14.3 Å². The number of carboxylic acids is 1. The minimum atomic E-state index is -0.727. The Balaban J connectivity index is 1.84. The second-order valence-corrected chi connectivity index (χ2v) is 15.7. The number of carbonyl (C=O) groups excluding carboxylic acids is 2. The smallest absolute Gasteiger partial charge is 0.320 e. The minimum Gasteiger partial charge on any atom is -0.481 e. The molecule has 8 heteroatoms. The molecule has 49 heavy (non-hydrogen) atoms. The maximum absolute atomic E-state index is 13.9. The second kappa shape index (κ2) is 26.9. The maximum Gasteiger partial charge on any atom is 0.320 e. The summed E-state index contributed by atoms with van der Waals surface area (Å²) in [6.07, 6.45) is 26.0. The summed E-state index contributed by atoms with van der Waals surface area (Å²) in [4.78, 5) is 44.4. The zero-order chi connectivity index (χ0) is 35.7. The van der Waals surface area contributed by atoms with Crippen molar-refractivity contribution in [2.75, 3.05) is 39.3 Å². The SMILES string of the molecule is CCCCCCCCC(CCCCCCCC)COC(=O)CC1CC(N(CCCCCCCC(=O)O)C(=O)N2CCCN(C(C)C)CC2)C1.